The average Bonchev–Trinajstić information content (AvgIpc) is 2.56. The Hall–Kier alpha value is -3.15. The second-order valence-electron chi connectivity index (χ2n) is 6.56. The zero-order chi connectivity index (χ0) is 20.1. The SMILES string of the molecule is CC(=O)Nc1ccc(C(C)=O)cc1OCC(=O)Nc1c(C)cc(C)cc1C. The van der Waals surface area contributed by atoms with Crippen LogP contribution in [0.1, 0.15) is 40.9 Å². The third-order valence-electron chi connectivity index (χ3n) is 4.00. The summed E-state index contributed by atoms with van der Waals surface area (Å²) in [5.41, 5.74) is 4.67. The normalized spacial score (nSPS) is 10.3. The van der Waals surface area contributed by atoms with E-state index in [0.717, 1.165) is 22.4 Å². The number of rotatable bonds is 6. The number of hydrogen-bond acceptors (Lipinski definition) is 4. The third kappa shape index (κ3) is 5.41. The fourth-order valence-corrected chi connectivity index (χ4v) is 2.85. The molecule has 0 unspecified atom stereocenters. The molecular formula is C21H24N2O4. The summed E-state index contributed by atoms with van der Waals surface area (Å²) in [7, 11) is 0. The van der Waals surface area contributed by atoms with E-state index in [-0.39, 0.29) is 30.0 Å². The highest BCUT2D eigenvalue weighted by Crippen LogP contribution is 2.27. The van der Waals surface area contributed by atoms with Crippen molar-refractivity contribution in [1.82, 2.24) is 0 Å². The van der Waals surface area contributed by atoms with Gasteiger partial charge in [-0.2, -0.15) is 0 Å². The van der Waals surface area contributed by atoms with E-state index in [2.05, 4.69) is 10.6 Å². The molecule has 0 atom stereocenters. The minimum Gasteiger partial charge on any atom is -0.482 e. The Morgan fingerprint density at radius 3 is 2.11 bits per heavy atom. The monoisotopic (exact) mass is 368 g/mol. The molecule has 0 aliphatic rings. The average molecular weight is 368 g/mol. The molecule has 0 spiro atoms. The van der Waals surface area contributed by atoms with Crippen LogP contribution >= 0.6 is 0 Å². The zero-order valence-electron chi connectivity index (χ0n) is 16.2. The number of anilines is 2. The highest BCUT2D eigenvalue weighted by molar-refractivity contribution is 5.97. The molecule has 0 aromatic heterocycles. The van der Waals surface area contributed by atoms with Gasteiger partial charge in [-0.15, -0.1) is 0 Å². The standard InChI is InChI=1S/C21H24N2O4/c1-12-8-13(2)21(14(3)9-12)23-20(26)11-27-19-10-17(15(4)24)6-7-18(19)22-16(5)25/h6-10H,11H2,1-5H3,(H,22,25)(H,23,26). The minimum absolute atomic E-state index is 0.135. The molecule has 0 heterocycles. The van der Waals surface area contributed by atoms with Crippen molar-refractivity contribution in [2.45, 2.75) is 34.6 Å². The molecule has 0 fully saturated rings. The number of hydrogen-bond donors (Lipinski definition) is 2. The fraction of sp³-hybridized carbons (Fsp3) is 0.286. The molecule has 2 aromatic rings. The third-order valence-corrected chi connectivity index (χ3v) is 4.00. The number of ketones is 1. The Morgan fingerprint density at radius 1 is 0.926 bits per heavy atom. The van der Waals surface area contributed by atoms with Crippen LogP contribution in [0.3, 0.4) is 0 Å². The van der Waals surface area contributed by atoms with Crippen LogP contribution in [0.2, 0.25) is 0 Å². The molecule has 2 aromatic carbocycles. The van der Waals surface area contributed by atoms with Gasteiger partial charge in [0.15, 0.2) is 12.4 Å². The number of amides is 2. The van der Waals surface area contributed by atoms with Gasteiger partial charge in [0, 0.05) is 18.2 Å². The van der Waals surface area contributed by atoms with E-state index in [9.17, 15) is 14.4 Å². The molecule has 0 radical (unpaired) electrons. The molecule has 0 aliphatic carbocycles. The van der Waals surface area contributed by atoms with Crippen LogP contribution in [-0.4, -0.2) is 24.2 Å². The Labute approximate surface area is 158 Å². The first-order chi connectivity index (χ1) is 12.7. The van der Waals surface area contributed by atoms with E-state index in [1.807, 2.05) is 32.9 Å². The number of carbonyl (C=O) groups is 3. The lowest BCUT2D eigenvalue weighted by Gasteiger charge is -2.15. The topological polar surface area (TPSA) is 84.5 Å². The van der Waals surface area contributed by atoms with Crippen molar-refractivity contribution in [3.8, 4) is 5.75 Å². The van der Waals surface area contributed by atoms with Gasteiger partial charge in [-0.25, -0.2) is 0 Å². The molecule has 27 heavy (non-hydrogen) atoms. The van der Waals surface area contributed by atoms with E-state index >= 15 is 0 Å². The van der Waals surface area contributed by atoms with Crippen LogP contribution in [0.5, 0.6) is 5.75 Å². The Bertz CT molecular complexity index is 880. The summed E-state index contributed by atoms with van der Waals surface area (Å²) in [4.78, 5) is 35.3. The summed E-state index contributed by atoms with van der Waals surface area (Å²) in [5.74, 6) is -0.465. The van der Waals surface area contributed by atoms with Crippen LogP contribution in [0, 0.1) is 20.8 Å². The lowest BCUT2D eigenvalue weighted by molar-refractivity contribution is -0.118. The molecule has 0 saturated heterocycles. The quantitative estimate of drug-likeness (QED) is 0.760. The largest absolute Gasteiger partial charge is 0.482 e. The summed E-state index contributed by atoms with van der Waals surface area (Å²) < 4.78 is 5.59. The van der Waals surface area contributed by atoms with Crippen molar-refractivity contribution in [1.29, 1.82) is 0 Å². The number of carbonyl (C=O) groups excluding carboxylic acids is 3. The van der Waals surface area contributed by atoms with Gasteiger partial charge in [0.2, 0.25) is 5.91 Å². The molecule has 142 valence electrons. The number of benzene rings is 2. The second kappa shape index (κ2) is 8.49. The molecule has 0 aliphatic heterocycles. The zero-order valence-corrected chi connectivity index (χ0v) is 16.2. The van der Waals surface area contributed by atoms with Gasteiger partial charge in [-0.1, -0.05) is 17.7 Å². The van der Waals surface area contributed by atoms with Gasteiger partial charge in [-0.3, -0.25) is 14.4 Å². The molecule has 6 nitrogen and oxygen atoms in total. The highest BCUT2D eigenvalue weighted by Gasteiger charge is 2.13. The van der Waals surface area contributed by atoms with E-state index in [1.165, 1.54) is 19.9 Å². The van der Waals surface area contributed by atoms with Crippen molar-refractivity contribution >= 4 is 29.0 Å². The molecule has 0 saturated carbocycles. The maximum Gasteiger partial charge on any atom is 0.262 e. The summed E-state index contributed by atoms with van der Waals surface area (Å²) >= 11 is 0. The number of aryl methyl sites for hydroxylation is 3. The Kier molecular flexibility index (Phi) is 6.34. The van der Waals surface area contributed by atoms with E-state index in [0.29, 0.717) is 11.3 Å². The molecule has 6 heteroatoms. The predicted molar refractivity (Wildman–Crippen MR) is 106 cm³/mol. The maximum absolute atomic E-state index is 12.3. The predicted octanol–water partition coefficient (Wildman–Crippen LogP) is 3.79. The molecule has 2 N–H and O–H groups in total. The maximum atomic E-state index is 12.3. The Morgan fingerprint density at radius 2 is 1.56 bits per heavy atom. The molecule has 0 bridgehead atoms. The van der Waals surface area contributed by atoms with Crippen molar-refractivity contribution in [2.24, 2.45) is 0 Å². The Balaban J connectivity index is 2.15. The lowest BCUT2D eigenvalue weighted by Crippen LogP contribution is -2.22. The highest BCUT2D eigenvalue weighted by atomic mass is 16.5. The van der Waals surface area contributed by atoms with Crippen molar-refractivity contribution < 1.29 is 19.1 Å². The van der Waals surface area contributed by atoms with Crippen molar-refractivity contribution in [3.05, 3.63) is 52.6 Å². The van der Waals surface area contributed by atoms with Crippen LogP contribution in [0.15, 0.2) is 30.3 Å². The number of nitrogens with one attached hydrogen (secondary N) is 2. The second-order valence-corrected chi connectivity index (χ2v) is 6.56. The van der Waals surface area contributed by atoms with Gasteiger partial charge in [-0.05, 0) is 57.0 Å². The summed E-state index contributed by atoms with van der Waals surface area (Å²) in [6.07, 6.45) is 0. The van der Waals surface area contributed by atoms with E-state index in [4.69, 9.17) is 4.74 Å². The molecular weight excluding hydrogens is 344 g/mol. The number of Topliss-reactive ketones (excluding diaryl/α,β-unsaturated/α-hetero) is 1. The fourth-order valence-electron chi connectivity index (χ4n) is 2.85. The van der Waals surface area contributed by atoms with E-state index < -0.39 is 0 Å². The van der Waals surface area contributed by atoms with Crippen molar-refractivity contribution in [3.63, 3.8) is 0 Å². The summed E-state index contributed by atoms with van der Waals surface area (Å²) in [6, 6.07) is 8.69. The van der Waals surface area contributed by atoms with Crippen LogP contribution < -0.4 is 15.4 Å². The van der Waals surface area contributed by atoms with Crippen molar-refractivity contribution in [2.75, 3.05) is 17.2 Å². The summed E-state index contributed by atoms with van der Waals surface area (Å²) in [6.45, 7) is 8.43. The van der Waals surface area contributed by atoms with Gasteiger partial charge in [0.25, 0.3) is 5.91 Å². The smallest absolute Gasteiger partial charge is 0.262 e. The van der Waals surface area contributed by atoms with Gasteiger partial charge < -0.3 is 15.4 Å². The minimum atomic E-state index is -0.327. The summed E-state index contributed by atoms with van der Waals surface area (Å²) in [5, 5.41) is 5.49. The molecule has 2 amide bonds. The van der Waals surface area contributed by atoms with E-state index in [1.54, 1.807) is 12.1 Å². The van der Waals surface area contributed by atoms with Gasteiger partial charge in [0.1, 0.15) is 5.75 Å². The number of ether oxygens (including phenoxy) is 1. The van der Waals surface area contributed by atoms with Crippen LogP contribution in [-0.2, 0) is 9.59 Å². The van der Waals surface area contributed by atoms with Gasteiger partial charge in [0.05, 0.1) is 5.69 Å². The lowest BCUT2D eigenvalue weighted by atomic mass is 10.1. The first-order valence-corrected chi connectivity index (χ1v) is 8.60. The van der Waals surface area contributed by atoms with Crippen LogP contribution in [0.25, 0.3) is 0 Å². The van der Waals surface area contributed by atoms with Crippen LogP contribution in [0.4, 0.5) is 11.4 Å². The van der Waals surface area contributed by atoms with Gasteiger partial charge >= 0.3 is 0 Å². The molecule has 2 rings (SSSR count). The first kappa shape index (κ1) is 20.2. The first-order valence-electron chi connectivity index (χ1n) is 8.60.